The molecule has 1 N–H and O–H groups in total. The van der Waals surface area contributed by atoms with E-state index in [1.165, 1.54) is 29.3 Å². The lowest BCUT2D eigenvalue weighted by Crippen LogP contribution is -2.36. The lowest BCUT2D eigenvalue weighted by molar-refractivity contribution is 0.208. The molecule has 2 amide bonds. The van der Waals surface area contributed by atoms with E-state index < -0.39 is 23.4 Å². The number of nitrogens with one attached hydrogen (secondary N) is 1. The van der Waals surface area contributed by atoms with Crippen LogP contribution in [0, 0.1) is 5.82 Å². The maximum absolute atomic E-state index is 13.9. The molecule has 2 heterocycles. The number of rotatable bonds is 10. The highest BCUT2D eigenvalue weighted by atomic mass is 19.1. The summed E-state index contributed by atoms with van der Waals surface area (Å²) >= 11 is 0. The number of oxazole rings is 2. The number of para-hydroxylation sites is 3. The first-order valence-electron chi connectivity index (χ1n) is 15.9. The summed E-state index contributed by atoms with van der Waals surface area (Å²) in [6.07, 6.45) is 5.43. The smallest absolute Gasteiger partial charge is 0.407 e. The van der Waals surface area contributed by atoms with E-state index in [-0.39, 0.29) is 17.1 Å². The number of aryl methyl sites for hydroxylation is 2. The van der Waals surface area contributed by atoms with Crippen molar-refractivity contribution >= 4 is 34.3 Å². The zero-order valence-electron chi connectivity index (χ0n) is 26.6. The van der Waals surface area contributed by atoms with Crippen LogP contribution in [0.5, 0.6) is 0 Å². The molecule has 0 aliphatic rings. The third-order valence-electron chi connectivity index (χ3n) is 7.82. The highest BCUT2D eigenvalue weighted by Crippen LogP contribution is 2.16. The number of hydrogen-bond donors (Lipinski definition) is 1. The van der Waals surface area contributed by atoms with Crippen molar-refractivity contribution < 1.29 is 22.8 Å². The minimum absolute atomic E-state index is 0.0548. The molecule has 6 aromatic rings. The molecule has 11 heteroatoms. The summed E-state index contributed by atoms with van der Waals surface area (Å²) < 4.78 is 25.6. The zero-order valence-corrected chi connectivity index (χ0v) is 26.6. The molecule has 0 saturated carbocycles. The van der Waals surface area contributed by atoms with Crippen LogP contribution in [0.1, 0.15) is 36.8 Å². The molecular weight excluding hydrogens is 615 g/mol. The molecule has 2 aromatic heterocycles. The second-order valence-corrected chi connectivity index (χ2v) is 11.3. The SMILES string of the molecule is CN(CCCCc1ccccc1)C(=O)n1c(=O)oc2ccccc21.O=C(NCCCCc1ccccc1)n1c(=O)oc2cccc(F)c21. The standard InChI is InChI=1S/C19H20N2O3.C18H17FN2O3/c1-20(14-8-7-11-15-9-3-2-4-10-15)18(22)21-16-12-5-6-13-17(16)24-19(21)23;19-14-10-6-11-15-16(14)21(18(23)24-15)17(22)20-12-5-4-9-13-7-2-1-3-8-13/h2-6,9-10,12-13H,7-8,11,14H2,1H3;1-3,6-8,10-11H,4-5,9,12H2,(H,20,22). The quantitative estimate of drug-likeness (QED) is 0.162. The average molecular weight is 653 g/mol. The lowest BCUT2D eigenvalue weighted by Gasteiger charge is -2.16. The fourth-order valence-corrected chi connectivity index (χ4v) is 5.32. The molecule has 0 bridgehead atoms. The predicted octanol–water partition coefficient (Wildman–Crippen LogP) is 6.83. The third kappa shape index (κ3) is 8.35. The van der Waals surface area contributed by atoms with Gasteiger partial charge in [0.25, 0.3) is 0 Å². The topological polar surface area (TPSA) is 120 Å². The van der Waals surface area contributed by atoms with Crippen molar-refractivity contribution in [3.63, 3.8) is 0 Å². The number of carbonyl (C=O) groups excluding carboxylic acids is 2. The van der Waals surface area contributed by atoms with Crippen LogP contribution in [0.3, 0.4) is 0 Å². The highest BCUT2D eigenvalue weighted by Gasteiger charge is 2.20. The van der Waals surface area contributed by atoms with Gasteiger partial charge in [0.05, 0.1) is 5.52 Å². The minimum atomic E-state index is -0.892. The number of benzene rings is 4. The van der Waals surface area contributed by atoms with Gasteiger partial charge in [-0.15, -0.1) is 0 Å². The monoisotopic (exact) mass is 652 g/mol. The first-order valence-corrected chi connectivity index (χ1v) is 15.9. The van der Waals surface area contributed by atoms with Gasteiger partial charge in [0.15, 0.2) is 17.0 Å². The fraction of sp³-hybridized carbons (Fsp3) is 0.243. The maximum Gasteiger partial charge on any atom is 0.428 e. The van der Waals surface area contributed by atoms with Crippen LogP contribution in [0.4, 0.5) is 14.0 Å². The van der Waals surface area contributed by atoms with E-state index in [0.717, 1.165) is 43.1 Å². The van der Waals surface area contributed by atoms with Crippen LogP contribution >= 0.6 is 0 Å². The Balaban J connectivity index is 0.000000188. The van der Waals surface area contributed by atoms with Gasteiger partial charge < -0.3 is 19.1 Å². The van der Waals surface area contributed by atoms with E-state index in [1.54, 1.807) is 36.2 Å². The largest absolute Gasteiger partial charge is 0.428 e. The summed E-state index contributed by atoms with van der Waals surface area (Å²) in [5, 5.41) is 2.63. The zero-order chi connectivity index (χ0) is 33.9. The molecule has 0 aliphatic heterocycles. The second-order valence-electron chi connectivity index (χ2n) is 11.3. The van der Waals surface area contributed by atoms with Crippen molar-refractivity contribution in [3.05, 3.63) is 141 Å². The second kappa shape index (κ2) is 16.2. The van der Waals surface area contributed by atoms with Gasteiger partial charge in [-0.2, -0.15) is 9.13 Å². The van der Waals surface area contributed by atoms with Crippen molar-refractivity contribution in [1.29, 1.82) is 0 Å². The summed E-state index contributed by atoms with van der Waals surface area (Å²) in [5.41, 5.74) is 3.38. The molecule has 0 atom stereocenters. The number of carbonyl (C=O) groups is 2. The average Bonchev–Trinajstić information content (AvgIpc) is 3.63. The number of nitrogens with zero attached hydrogens (tertiary/aromatic N) is 3. The highest BCUT2D eigenvalue weighted by molar-refractivity contribution is 5.88. The Kier molecular flexibility index (Phi) is 11.4. The molecule has 0 saturated heterocycles. The van der Waals surface area contributed by atoms with E-state index in [1.807, 2.05) is 36.4 Å². The number of amides is 2. The Hall–Kier alpha value is -5.71. The van der Waals surface area contributed by atoms with Crippen LogP contribution in [-0.4, -0.2) is 46.2 Å². The minimum Gasteiger partial charge on any atom is -0.407 e. The van der Waals surface area contributed by atoms with E-state index >= 15 is 0 Å². The van der Waals surface area contributed by atoms with Gasteiger partial charge >= 0.3 is 23.6 Å². The maximum atomic E-state index is 13.9. The van der Waals surface area contributed by atoms with Crippen molar-refractivity contribution in [3.8, 4) is 0 Å². The Bertz CT molecular complexity index is 2080. The van der Waals surface area contributed by atoms with Crippen LogP contribution < -0.4 is 16.8 Å². The summed E-state index contributed by atoms with van der Waals surface area (Å²) in [6, 6.07) is 30.3. The molecule has 4 aromatic carbocycles. The van der Waals surface area contributed by atoms with Crippen LogP contribution in [0.2, 0.25) is 0 Å². The van der Waals surface area contributed by atoms with E-state index in [9.17, 15) is 23.6 Å². The molecule has 0 radical (unpaired) electrons. The van der Waals surface area contributed by atoms with Crippen LogP contribution in [0.25, 0.3) is 22.2 Å². The van der Waals surface area contributed by atoms with E-state index in [2.05, 4.69) is 29.6 Å². The number of aromatic nitrogens is 2. The third-order valence-corrected chi connectivity index (χ3v) is 7.82. The number of halogens is 1. The van der Waals surface area contributed by atoms with Gasteiger partial charge in [-0.25, -0.2) is 23.6 Å². The Morgan fingerprint density at radius 3 is 1.94 bits per heavy atom. The molecule has 0 unspecified atom stereocenters. The first-order chi connectivity index (χ1) is 23.3. The summed E-state index contributed by atoms with van der Waals surface area (Å²) in [4.78, 5) is 50.0. The van der Waals surface area contributed by atoms with Crippen molar-refractivity contribution in [2.45, 2.75) is 38.5 Å². The summed E-state index contributed by atoms with van der Waals surface area (Å²) in [5.74, 6) is -2.20. The molecule has 0 fully saturated rings. The molecule has 10 nitrogen and oxygen atoms in total. The van der Waals surface area contributed by atoms with Gasteiger partial charge in [0.2, 0.25) is 0 Å². The van der Waals surface area contributed by atoms with Crippen molar-refractivity contribution in [2.24, 2.45) is 0 Å². The molecule has 48 heavy (non-hydrogen) atoms. The number of unbranched alkanes of at least 4 members (excludes halogenated alkanes) is 2. The number of hydrogen-bond acceptors (Lipinski definition) is 6. The van der Waals surface area contributed by atoms with Crippen molar-refractivity contribution in [2.75, 3.05) is 20.1 Å². The molecular formula is C37H37FN4O6. The van der Waals surface area contributed by atoms with Gasteiger partial charge in [-0.05, 0) is 73.9 Å². The van der Waals surface area contributed by atoms with Gasteiger partial charge in [-0.1, -0.05) is 78.9 Å². The summed E-state index contributed by atoms with van der Waals surface area (Å²) in [6.45, 7) is 0.997. The lowest BCUT2D eigenvalue weighted by atomic mass is 10.1. The van der Waals surface area contributed by atoms with Gasteiger partial charge in [0.1, 0.15) is 5.52 Å². The van der Waals surface area contributed by atoms with E-state index in [0.29, 0.717) is 28.8 Å². The van der Waals surface area contributed by atoms with E-state index in [4.69, 9.17) is 8.83 Å². The van der Waals surface area contributed by atoms with Gasteiger partial charge in [0, 0.05) is 20.1 Å². The molecule has 0 aliphatic carbocycles. The van der Waals surface area contributed by atoms with Gasteiger partial charge in [-0.3, -0.25) is 0 Å². The number of fused-ring (bicyclic) bond motifs is 2. The normalized spacial score (nSPS) is 10.9. The molecule has 0 spiro atoms. The Labute approximate surface area is 276 Å². The Morgan fingerprint density at radius 1 is 0.688 bits per heavy atom. The fourth-order valence-electron chi connectivity index (χ4n) is 5.32. The van der Waals surface area contributed by atoms with Crippen LogP contribution in [0.15, 0.2) is 122 Å². The van der Waals surface area contributed by atoms with Crippen molar-refractivity contribution in [1.82, 2.24) is 19.4 Å². The summed E-state index contributed by atoms with van der Waals surface area (Å²) in [7, 11) is 1.71. The van der Waals surface area contributed by atoms with Crippen LogP contribution in [-0.2, 0) is 12.8 Å². The molecule has 6 rings (SSSR count). The predicted molar refractivity (Wildman–Crippen MR) is 182 cm³/mol. The molecule has 248 valence electrons. The Morgan fingerprint density at radius 2 is 1.25 bits per heavy atom. The first kappa shape index (κ1) is 33.6.